The molecule has 0 atom stereocenters. The Morgan fingerprint density at radius 3 is 1.00 bits per heavy atom. The molecule has 3 heteroatoms. The Balaban J connectivity index is 0. The number of rotatable bonds is 0. The van der Waals surface area contributed by atoms with Crippen LogP contribution in [0.4, 0.5) is 0 Å². The van der Waals surface area contributed by atoms with Crippen LogP contribution in [0, 0.1) is 0 Å². The van der Waals surface area contributed by atoms with E-state index in [-0.39, 0.29) is 0 Å². The van der Waals surface area contributed by atoms with E-state index in [1.54, 1.807) is 0 Å². The van der Waals surface area contributed by atoms with Gasteiger partial charge in [-0.3, -0.25) is 0 Å². The van der Waals surface area contributed by atoms with Crippen LogP contribution in [-0.2, 0) is 0 Å². The maximum absolute atomic E-state index is 5.44. The van der Waals surface area contributed by atoms with Gasteiger partial charge in [0.05, 0.1) is 0 Å². The summed E-state index contributed by atoms with van der Waals surface area (Å²) in [4.78, 5) is 0. The summed E-state index contributed by atoms with van der Waals surface area (Å²) in [6, 6.07) is 0. The average molecular weight is 284 g/mol. The number of hydrogen-bond acceptors (Lipinski definition) is 0. The van der Waals surface area contributed by atoms with E-state index in [2.05, 4.69) is 53.1 Å². The van der Waals surface area contributed by atoms with E-state index in [0.29, 0.717) is 10.3 Å². The molecule has 0 aromatic carbocycles. The Labute approximate surface area is 95.3 Å². The molecule has 0 aromatic rings. The molecule has 0 saturated heterocycles. The first-order valence-electron chi connectivity index (χ1n) is 4.69. The molecule has 0 spiro atoms. The molecule has 0 aliphatic rings. The van der Waals surface area contributed by atoms with Crippen molar-refractivity contribution in [3.8, 4) is 0 Å². The molecule has 0 nitrogen and oxygen atoms in total. The van der Waals surface area contributed by atoms with Gasteiger partial charge in [0.2, 0.25) is 0 Å². The molecule has 0 bridgehead atoms. The Bertz CT molecular complexity index is 107. The SMILES string of the molecule is CC(C)(C)PC(C)(C)C.[CH3][Ge]([CH3])[Cl]. The second-order valence-corrected chi connectivity index (χ2v) is 16.4. The third-order valence-electron chi connectivity index (χ3n) is 0.750. The van der Waals surface area contributed by atoms with E-state index in [9.17, 15) is 0 Å². The van der Waals surface area contributed by atoms with Gasteiger partial charge in [0.1, 0.15) is 0 Å². The van der Waals surface area contributed by atoms with Crippen LogP contribution in [0.15, 0.2) is 0 Å². The summed E-state index contributed by atoms with van der Waals surface area (Å²) in [5.41, 5.74) is 0. The Kier molecular flexibility index (Phi) is 8.59. The van der Waals surface area contributed by atoms with Crippen molar-refractivity contribution >= 4 is 32.0 Å². The van der Waals surface area contributed by atoms with Crippen LogP contribution in [0.25, 0.3) is 0 Å². The fourth-order valence-electron chi connectivity index (χ4n) is 1.12. The zero-order chi connectivity index (χ0) is 11.3. The predicted octanol–water partition coefficient (Wildman–Crippen LogP) is 4.74. The molecule has 0 aliphatic carbocycles. The molecular weight excluding hydrogens is 259 g/mol. The monoisotopic (exact) mass is 285 g/mol. The molecule has 81 valence electrons. The maximum atomic E-state index is 5.44. The molecule has 0 fully saturated rings. The second kappa shape index (κ2) is 6.69. The first-order chi connectivity index (χ1) is 5.44. The van der Waals surface area contributed by atoms with E-state index in [4.69, 9.17) is 10.0 Å². The minimum atomic E-state index is -0.861. The van der Waals surface area contributed by atoms with Gasteiger partial charge in [0, 0.05) is 0 Å². The summed E-state index contributed by atoms with van der Waals surface area (Å²) in [6.45, 7) is 13.8. The molecule has 0 unspecified atom stereocenters. The van der Waals surface area contributed by atoms with Crippen molar-refractivity contribution in [3.63, 3.8) is 0 Å². The van der Waals surface area contributed by atoms with Crippen LogP contribution in [0.5, 0.6) is 0 Å². The molecule has 0 rings (SSSR count). The van der Waals surface area contributed by atoms with Gasteiger partial charge in [-0.1, -0.05) is 41.5 Å². The van der Waals surface area contributed by atoms with Crippen molar-refractivity contribution < 1.29 is 0 Å². The van der Waals surface area contributed by atoms with Crippen LogP contribution < -0.4 is 0 Å². The molecular formula is C10H25ClGeP. The van der Waals surface area contributed by atoms with E-state index in [1.165, 1.54) is 0 Å². The van der Waals surface area contributed by atoms with Crippen LogP contribution in [0.3, 0.4) is 0 Å². The van der Waals surface area contributed by atoms with E-state index < -0.39 is 13.4 Å². The van der Waals surface area contributed by atoms with Crippen molar-refractivity contribution in [2.24, 2.45) is 0 Å². The zero-order valence-electron chi connectivity index (χ0n) is 10.4. The third-order valence-corrected chi connectivity index (χ3v) is 2.25. The topological polar surface area (TPSA) is 0 Å². The zero-order valence-corrected chi connectivity index (χ0v) is 14.2. The predicted molar refractivity (Wildman–Crippen MR) is 71.2 cm³/mol. The average Bonchev–Trinajstić information content (AvgIpc) is 1.47. The minimum absolute atomic E-state index is 0.512. The third kappa shape index (κ3) is 31.9. The quantitative estimate of drug-likeness (QED) is 0.445. The van der Waals surface area contributed by atoms with Gasteiger partial charge in [0.15, 0.2) is 0 Å². The van der Waals surface area contributed by atoms with Gasteiger partial charge < -0.3 is 0 Å². The van der Waals surface area contributed by atoms with Crippen molar-refractivity contribution in [1.82, 2.24) is 0 Å². The summed E-state index contributed by atoms with van der Waals surface area (Å²) in [6.07, 6.45) is 0. The second-order valence-electron chi connectivity index (χ2n) is 5.50. The number of hydrogen-bond donors (Lipinski definition) is 0. The standard InChI is InChI=1S/C8H19P.C2H6ClGe/c1-7(2,3)9-8(4,5)6;1-4(2)3/h9H,1-6H3;1-2H3. The number of halogens is 1. The molecule has 13 heavy (non-hydrogen) atoms. The van der Waals surface area contributed by atoms with Crippen molar-refractivity contribution in [2.45, 2.75) is 63.4 Å². The van der Waals surface area contributed by atoms with Crippen LogP contribution >= 0.6 is 18.6 Å². The summed E-state index contributed by atoms with van der Waals surface area (Å²) in [7, 11) is 6.49. The first-order valence-corrected chi connectivity index (χ1v) is 12.6. The van der Waals surface area contributed by atoms with E-state index in [1.807, 2.05) is 0 Å². The molecule has 0 aromatic heterocycles. The molecule has 0 N–H and O–H groups in total. The van der Waals surface area contributed by atoms with Crippen molar-refractivity contribution in [1.29, 1.82) is 0 Å². The molecule has 0 aliphatic heterocycles. The van der Waals surface area contributed by atoms with Gasteiger partial charge in [0.25, 0.3) is 0 Å². The summed E-state index contributed by atoms with van der Waals surface area (Å²) in [5, 5.41) is 1.02. The summed E-state index contributed by atoms with van der Waals surface area (Å²) in [5.74, 6) is 4.20. The molecule has 0 saturated carbocycles. The van der Waals surface area contributed by atoms with Gasteiger partial charge in [-0.25, -0.2) is 0 Å². The summed E-state index contributed by atoms with van der Waals surface area (Å²) < 4.78 is 0. The van der Waals surface area contributed by atoms with Gasteiger partial charge >= 0.3 is 34.9 Å². The Morgan fingerprint density at radius 2 is 1.00 bits per heavy atom. The van der Waals surface area contributed by atoms with E-state index in [0.717, 1.165) is 8.58 Å². The van der Waals surface area contributed by atoms with Crippen LogP contribution in [0.2, 0.25) is 11.5 Å². The normalized spacial score (nSPS) is 12.5. The van der Waals surface area contributed by atoms with Crippen molar-refractivity contribution in [2.75, 3.05) is 0 Å². The Hall–Kier alpha value is 1.26. The Morgan fingerprint density at radius 1 is 0.846 bits per heavy atom. The van der Waals surface area contributed by atoms with Gasteiger partial charge in [-0.05, 0) is 10.3 Å². The molecule has 0 heterocycles. The molecule has 0 amide bonds. The van der Waals surface area contributed by atoms with E-state index >= 15 is 0 Å². The van der Waals surface area contributed by atoms with Crippen molar-refractivity contribution in [3.05, 3.63) is 0 Å². The first kappa shape index (κ1) is 16.7. The summed E-state index contributed by atoms with van der Waals surface area (Å²) >= 11 is -0.861. The fraction of sp³-hybridized carbons (Fsp3) is 1.00. The van der Waals surface area contributed by atoms with Crippen LogP contribution in [-0.4, -0.2) is 23.7 Å². The molecule has 1 radical (unpaired) electrons. The van der Waals surface area contributed by atoms with Gasteiger partial charge in [-0.15, -0.1) is 8.58 Å². The fourth-order valence-corrected chi connectivity index (χ4v) is 3.38. The van der Waals surface area contributed by atoms with Crippen LogP contribution in [0.1, 0.15) is 41.5 Å². The van der Waals surface area contributed by atoms with Gasteiger partial charge in [-0.2, -0.15) is 0 Å².